The van der Waals surface area contributed by atoms with Gasteiger partial charge >= 0.3 is 0 Å². The van der Waals surface area contributed by atoms with E-state index in [9.17, 15) is 4.39 Å². The Morgan fingerprint density at radius 3 is 2.79 bits per heavy atom. The maximum absolute atomic E-state index is 13.3. The Morgan fingerprint density at radius 2 is 2.11 bits per heavy atom. The van der Waals surface area contributed by atoms with Crippen LogP contribution in [0.3, 0.4) is 0 Å². The number of rotatable bonds is 5. The second kappa shape index (κ2) is 6.30. The molecule has 0 fully saturated rings. The van der Waals surface area contributed by atoms with Crippen molar-refractivity contribution in [3.8, 4) is 0 Å². The van der Waals surface area contributed by atoms with Gasteiger partial charge in [0.2, 0.25) is 0 Å². The largest absolute Gasteiger partial charge is 0.330 e. The van der Waals surface area contributed by atoms with Gasteiger partial charge in [0.25, 0.3) is 0 Å². The lowest BCUT2D eigenvalue weighted by molar-refractivity contribution is 0.406. The summed E-state index contributed by atoms with van der Waals surface area (Å²) in [4.78, 5) is 6.48. The van der Waals surface area contributed by atoms with Gasteiger partial charge in [-0.1, -0.05) is 15.9 Å². The van der Waals surface area contributed by atoms with Crippen molar-refractivity contribution in [2.45, 2.75) is 13.0 Å². The van der Waals surface area contributed by atoms with E-state index in [0.29, 0.717) is 6.54 Å². The molecule has 3 nitrogen and oxygen atoms in total. The lowest BCUT2D eigenvalue weighted by Crippen LogP contribution is -2.17. The Balaban J connectivity index is 2.12. The molecule has 102 valence electrons. The van der Waals surface area contributed by atoms with Crippen molar-refractivity contribution in [3.05, 3.63) is 52.3 Å². The predicted octanol–water partition coefficient (Wildman–Crippen LogP) is 2.94. The highest BCUT2D eigenvalue weighted by Gasteiger charge is 2.06. The zero-order valence-corrected chi connectivity index (χ0v) is 12.7. The van der Waals surface area contributed by atoms with E-state index < -0.39 is 0 Å². The average Bonchev–Trinajstić information content (AvgIpc) is 2.72. The molecule has 0 radical (unpaired) electrons. The van der Waals surface area contributed by atoms with Gasteiger partial charge in [0.05, 0.1) is 0 Å². The van der Waals surface area contributed by atoms with Crippen molar-refractivity contribution < 1.29 is 4.39 Å². The maximum atomic E-state index is 13.3. The molecule has 1 heterocycles. The summed E-state index contributed by atoms with van der Waals surface area (Å²) in [5.74, 6) is 0.799. The molecule has 0 spiro atoms. The number of benzene rings is 1. The average molecular weight is 326 g/mol. The van der Waals surface area contributed by atoms with E-state index in [2.05, 4.69) is 30.4 Å². The minimum Gasteiger partial charge on any atom is -0.330 e. The van der Waals surface area contributed by atoms with Crippen LogP contribution in [-0.2, 0) is 13.0 Å². The zero-order valence-electron chi connectivity index (χ0n) is 11.1. The van der Waals surface area contributed by atoms with E-state index in [-0.39, 0.29) is 5.82 Å². The third-order valence-corrected chi connectivity index (χ3v) is 3.32. The monoisotopic (exact) mass is 325 g/mol. The first-order chi connectivity index (χ1) is 9.04. The highest BCUT2D eigenvalue weighted by molar-refractivity contribution is 9.10. The Labute approximate surface area is 121 Å². The molecule has 2 rings (SSSR count). The molecule has 2 aromatic rings. The molecule has 0 aliphatic heterocycles. The molecule has 0 atom stereocenters. The number of hydrogen-bond donors (Lipinski definition) is 0. The van der Waals surface area contributed by atoms with Crippen LogP contribution in [0.5, 0.6) is 0 Å². The fourth-order valence-corrected chi connectivity index (χ4v) is 2.45. The minimum absolute atomic E-state index is 0.223. The van der Waals surface area contributed by atoms with Crippen LogP contribution in [0.2, 0.25) is 0 Å². The SMILES string of the molecule is CN(C)CCc1nccn1Cc1cc(F)cc(Br)c1. The fraction of sp³-hybridized carbons (Fsp3) is 0.357. The van der Waals surface area contributed by atoms with E-state index in [1.54, 1.807) is 12.3 Å². The van der Waals surface area contributed by atoms with Crippen molar-refractivity contribution in [2.75, 3.05) is 20.6 Å². The molecule has 0 unspecified atom stereocenters. The van der Waals surface area contributed by atoms with Crippen LogP contribution in [0.4, 0.5) is 4.39 Å². The molecule has 0 amide bonds. The molecule has 1 aromatic carbocycles. The van der Waals surface area contributed by atoms with Gasteiger partial charge in [-0.2, -0.15) is 0 Å². The quantitative estimate of drug-likeness (QED) is 0.842. The Kier molecular flexibility index (Phi) is 4.71. The van der Waals surface area contributed by atoms with Gasteiger partial charge < -0.3 is 9.47 Å². The summed E-state index contributed by atoms with van der Waals surface area (Å²) in [6, 6.07) is 4.95. The number of hydrogen-bond acceptors (Lipinski definition) is 2. The Morgan fingerprint density at radius 1 is 1.32 bits per heavy atom. The summed E-state index contributed by atoms with van der Waals surface area (Å²) in [6.07, 6.45) is 4.61. The van der Waals surface area contributed by atoms with Gasteiger partial charge in [0.1, 0.15) is 11.6 Å². The Bertz CT molecular complexity index is 531. The molecule has 0 saturated heterocycles. The van der Waals surface area contributed by atoms with Crippen molar-refractivity contribution >= 4 is 15.9 Å². The lowest BCUT2D eigenvalue weighted by atomic mass is 10.2. The van der Waals surface area contributed by atoms with Gasteiger partial charge in [-0.15, -0.1) is 0 Å². The molecule has 1 aromatic heterocycles. The summed E-state index contributed by atoms with van der Waals surface area (Å²) >= 11 is 3.31. The summed E-state index contributed by atoms with van der Waals surface area (Å²) in [5, 5.41) is 0. The van der Waals surface area contributed by atoms with Crippen molar-refractivity contribution in [1.82, 2.24) is 14.5 Å². The standard InChI is InChI=1S/C14H17BrFN3/c1-18(2)5-3-14-17-4-6-19(14)10-11-7-12(15)9-13(16)8-11/h4,6-9H,3,5,10H2,1-2H3. The minimum atomic E-state index is -0.223. The molecular weight excluding hydrogens is 309 g/mol. The highest BCUT2D eigenvalue weighted by Crippen LogP contribution is 2.16. The predicted molar refractivity (Wildman–Crippen MR) is 77.7 cm³/mol. The molecule has 0 aliphatic carbocycles. The summed E-state index contributed by atoms with van der Waals surface area (Å²) in [6.45, 7) is 1.59. The number of nitrogens with zero attached hydrogens (tertiary/aromatic N) is 3. The van der Waals surface area contributed by atoms with E-state index >= 15 is 0 Å². The topological polar surface area (TPSA) is 21.1 Å². The molecule has 19 heavy (non-hydrogen) atoms. The zero-order chi connectivity index (χ0) is 13.8. The summed E-state index contributed by atoms with van der Waals surface area (Å²) < 4.78 is 16.2. The lowest BCUT2D eigenvalue weighted by Gasteiger charge is -2.11. The van der Waals surface area contributed by atoms with E-state index in [0.717, 1.165) is 28.8 Å². The first-order valence-electron chi connectivity index (χ1n) is 6.14. The molecule has 0 saturated carbocycles. The summed E-state index contributed by atoms with van der Waals surface area (Å²) in [5.41, 5.74) is 0.927. The van der Waals surface area contributed by atoms with Crippen LogP contribution in [0, 0.1) is 5.82 Å². The van der Waals surface area contributed by atoms with Crippen molar-refractivity contribution in [2.24, 2.45) is 0 Å². The van der Waals surface area contributed by atoms with Gasteiger partial charge in [0, 0.05) is 36.4 Å². The number of aromatic nitrogens is 2. The van der Waals surface area contributed by atoms with Crippen LogP contribution in [0.15, 0.2) is 35.1 Å². The third kappa shape index (κ3) is 4.14. The van der Waals surface area contributed by atoms with Crippen LogP contribution in [0.1, 0.15) is 11.4 Å². The molecular formula is C14H17BrFN3. The molecule has 5 heteroatoms. The van der Waals surface area contributed by atoms with Crippen molar-refractivity contribution in [1.29, 1.82) is 0 Å². The van der Waals surface area contributed by atoms with E-state index in [1.807, 2.05) is 26.4 Å². The number of halogens is 2. The third-order valence-electron chi connectivity index (χ3n) is 2.86. The maximum Gasteiger partial charge on any atom is 0.124 e. The van der Waals surface area contributed by atoms with E-state index in [1.165, 1.54) is 6.07 Å². The second-order valence-corrected chi connectivity index (χ2v) is 5.72. The fourth-order valence-electron chi connectivity index (χ4n) is 1.93. The van der Waals surface area contributed by atoms with Crippen LogP contribution < -0.4 is 0 Å². The number of likely N-dealkylation sites (N-methyl/N-ethyl adjacent to an activating group) is 1. The van der Waals surface area contributed by atoms with Crippen LogP contribution >= 0.6 is 15.9 Å². The number of imidazole rings is 1. The summed E-state index contributed by atoms with van der Waals surface area (Å²) in [7, 11) is 4.08. The van der Waals surface area contributed by atoms with Crippen LogP contribution in [-0.4, -0.2) is 35.1 Å². The van der Waals surface area contributed by atoms with Gasteiger partial charge in [-0.25, -0.2) is 9.37 Å². The smallest absolute Gasteiger partial charge is 0.124 e. The first-order valence-corrected chi connectivity index (χ1v) is 6.93. The molecule has 0 aliphatic rings. The first kappa shape index (κ1) is 14.2. The van der Waals surface area contributed by atoms with E-state index in [4.69, 9.17) is 0 Å². The normalized spacial score (nSPS) is 11.2. The van der Waals surface area contributed by atoms with Gasteiger partial charge in [-0.05, 0) is 37.9 Å². The highest BCUT2D eigenvalue weighted by atomic mass is 79.9. The van der Waals surface area contributed by atoms with Crippen LogP contribution in [0.25, 0.3) is 0 Å². The van der Waals surface area contributed by atoms with Gasteiger partial charge in [0.15, 0.2) is 0 Å². The molecule has 0 bridgehead atoms. The van der Waals surface area contributed by atoms with Crippen molar-refractivity contribution in [3.63, 3.8) is 0 Å². The molecule has 0 N–H and O–H groups in total. The second-order valence-electron chi connectivity index (χ2n) is 4.80. The Hall–Kier alpha value is -1.20. The van der Waals surface area contributed by atoms with Gasteiger partial charge in [-0.3, -0.25) is 0 Å².